The number of nitrogens with two attached hydrogens (primary N) is 1. The van der Waals surface area contributed by atoms with Crippen LogP contribution < -0.4 is 10.6 Å². The summed E-state index contributed by atoms with van der Waals surface area (Å²) in [4.78, 5) is 7.55. The molecular formula is C59H43N3. The van der Waals surface area contributed by atoms with Crippen molar-refractivity contribution in [3.05, 3.63) is 276 Å². The number of hydrogen-bond donors (Lipinski definition) is 1. The second-order valence-electron chi connectivity index (χ2n) is 16.1. The molecule has 9 aromatic rings. The Morgan fingerprint density at radius 1 is 0.435 bits per heavy atom. The number of rotatable bonds is 8. The maximum absolute atomic E-state index is 6.71. The first-order valence-electron chi connectivity index (χ1n) is 21.3. The molecule has 3 heteroatoms. The lowest BCUT2D eigenvalue weighted by atomic mass is 9.64. The Balaban J connectivity index is 1.00. The standard InChI is InChI=1S/C59H43N3/c60-55(42-20-6-2-7-21-42)39-56(61-40-41-18-4-1-5-19-41)47-25-17-24-45(37-47)43-22-16-23-44(36-43)46-34-35-52-50(38-46)49-28-10-11-29-51(49)59(52)53-30-12-14-32-57(53)62(48-26-8-3-9-27-48)58-33-15-13-31-54(58)59/h1-39H,40,60H2/b55-39-,61-56+. The highest BCUT2D eigenvalue weighted by atomic mass is 15.2. The van der Waals surface area contributed by atoms with E-state index in [-0.39, 0.29) is 0 Å². The SMILES string of the molecule is N/C(=C\C(=N/Cc1ccccc1)c1cccc(-c2cccc(-c3ccc4c(c3)-c3ccccc3C43c4ccccc4N(c4ccccc4)c4ccccc43)c2)c1)c1ccccc1. The average Bonchev–Trinajstić information content (AvgIpc) is 3.64. The predicted octanol–water partition coefficient (Wildman–Crippen LogP) is 14.2. The molecule has 0 amide bonds. The van der Waals surface area contributed by atoms with Gasteiger partial charge in [-0.2, -0.15) is 0 Å². The van der Waals surface area contributed by atoms with Crippen molar-refractivity contribution in [3.63, 3.8) is 0 Å². The number of para-hydroxylation sites is 3. The van der Waals surface area contributed by atoms with Crippen LogP contribution in [0.1, 0.15) is 38.9 Å². The molecule has 2 N–H and O–H groups in total. The lowest BCUT2D eigenvalue weighted by Crippen LogP contribution is -2.36. The molecule has 11 rings (SSSR count). The van der Waals surface area contributed by atoms with Crippen LogP contribution in [0.3, 0.4) is 0 Å². The average molecular weight is 794 g/mol. The first kappa shape index (κ1) is 37.0. The monoisotopic (exact) mass is 793 g/mol. The summed E-state index contributed by atoms with van der Waals surface area (Å²) in [5.41, 5.74) is 26.8. The van der Waals surface area contributed by atoms with Gasteiger partial charge in [-0.1, -0.05) is 188 Å². The quantitative estimate of drug-likeness (QED) is 0.156. The third kappa shape index (κ3) is 6.26. The zero-order chi connectivity index (χ0) is 41.5. The number of anilines is 3. The van der Waals surface area contributed by atoms with E-state index in [1.54, 1.807) is 0 Å². The molecule has 1 aliphatic carbocycles. The van der Waals surface area contributed by atoms with Crippen molar-refractivity contribution in [1.82, 2.24) is 0 Å². The first-order valence-corrected chi connectivity index (χ1v) is 21.3. The van der Waals surface area contributed by atoms with Crippen LogP contribution in [-0.2, 0) is 12.0 Å². The van der Waals surface area contributed by atoms with E-state index in [1.165, 1.54) is 55.9 Å². The van der Waals surface area contributed by atoms with Crippen molar-refractivity contribution < 1.29 is 0 Å². The number of aliphatic imine (C=N–C) groups is 1. The molecule has 0 fully saturated rings. The van der Waals surface area contributed by atoms with E-state index in [4.69, 9.17) is 10.7 Å². The minimum Gasteiger partial charge on any atom is -0.398 e. The zero-order valence-electron chi connectivity index (χ0n) is 34.2. The molecule has 0 radical (unpaired) electrons. The molecule has 0 saturated carbocycles. The van der Waals surface area contributed by atoms with Crippen molar-refractivity contribution >= 4 is 28.5 Å². The summed E-state index contributed by atoms with van der Waals surface area (Å²) in [5.74, 6) is 0. The molecule has 9 aromatic carbocycles. The van der Waals surface area contributed by atoms with Gasteiger partial charge in [0.2, 0.25) is 0 Å². The molecule has 294 valence electrons. The van der Waals surface area contributed by atoms with Crippen LogP contribution in [0.5, 0.6) is 0 Å². The molecule has 1 spiro atoms. The second kappa shape index (κ2) is 15.5. The van der Waals surface area contributed by atoms with Crippen molar-refractivity contribution in [2.45, 2.75) is 12.0 Å². The summed E-state index contributed by atoms with van der Waals surface area (Å²) < 4.78 is 0. The lowest BCUT2D eigenvalue weighted by Gasteiger charge is -2.45. The molecule has 2 aliphatic rings. The van der Waals surface area contributed by atoms with Crippen LogP contribution in [0.15, 0.2) is 242 Å². The van der Waals surface area contributed by atoms with Gasteiger partial charge in [-0.05, 0) is 115 Å². The zero-order valence-corrected chi connectivity index (χ0v) is 34.2. The normalized spacial score (nSPS) is 13.6. The van der Waals surface area contributed by atoms with E-state index < -0.39 is 5.41 Å². The summed E-state index contributed by atoms with van der Waals surface area (Å²) in [6, 6.07) is 82.9. The van der Waals surface area contributed by atoms with Gasteiger partial charge < -0.3 is 10.6 Å². The third-order valence-corrected chi connectivity index (χ3v) is 12.5. The fraction of sp³-hybridized carbons (Fsp3) is 0.0339. The fourth-order valence-corrected chi connectivity index (χ4v) is 9.72. The van der Waals surface area contributed by atoms with Gasteiger partial charge >= 0.3 is 0 Å². The van der Waals surface area contributed by atoms with Crippen LogP contribution in [0.25, 0.3) is 39.1 Å². The van der Waals surface area contributed by atoms with E-state index in [2.05, 4.69) is 199 Å². The molecule has 1 aliphatic heterocycles. The molecule has 0 saturated heterocycles. The number of fused-ring (bicyclic) bond motifs is 9. The molecule has 0 atom stereocenters. The van der Waals surface area contributed by atoms with E-state index in [0.717, 1.165) is 39.2 Å². The van der Waals surface area contributed by atoms with Crippen molar-refractivity contribution in [3.8, 4) is 33.4 Å². The van der Waals surface area contributed by atoms with Gasteiger partial charge in [0.05, 0.1) is 29.0 Å². The Morgan fingerprint density at radius 2 is 0.952 bits per heavy atom. The van der Waals surface area contributed by atoms with E-state index in [9.17, 15) is 0 Å². The Hall–Kier alpha value is -8.01. The van der Waals surface area contributed by atoms with Gasteiger partial charge in [-0.15, -0.1) is 0 Å². The molecule has 0 aromatic heterocycles. The van der Waals surface area contributed by atoms with Gasteiger partial charge in [0.15, 0.2) is 0 Å². The summed E-state index contributed by atoms with van der Waals surface area (Å²) in [6.07, 6.45) is 2.01. The summed E-state index contributed by atoms with van der Waals surface area (Å²) in [6.45, 7) is 0.555. The molecule has 62 heavy (non-hydrogen) atoms. The number of nitrogens with zero attached hydrogens (tertiary/aromatic N) is 2. The third-order valence-electron chi connectivity index (χ3n) is 12.5. The Bertz CT molecular complexity index is 3120. The lowest BCUT2D eigenvalue weighted by molar-refractivity contribution is 0.753. The predicted molar refractivity (Wildman–Crippen MR) is 258 cm³/mol. The maximum atomic E-state index is 6.71. The van der Waals surface area contributed by atoms with Crippen LogP contribution in [-0.4, -0.2) is 5.71 Å². The fourth-order valence-electron chi connectivity index (χ4n) is 9.72. The second-order valence-corrected chi connectivity index (χ2v) is 16.1. The van der Waals surface area contributed by atoms with E-state index in [1.807, 2.05) is 42.5 Å². The highest BCUT2D eigenvalue weighted by Crippen LogP contribution is 2.63. The largest absolute Gasteiger partial charge is 0.398 e. The minimum absolute atomic E-state index is 0.483. The maximum Gasteiger partial charge on any atom is 0.0754 e. The summed E-state index contributed by atoms with van der Waals surface area (Å²) >= 11 is 0. The van der Waals surface area contributed by atoms with Gasteiger partial charge in [0.1, 0.15) is 0 Å². The molecule has 0 unspecified atom stereocenters. The molecule has 1 heterocycles. The van der Waals surface area contributed by atoms with Crippen molar-refractivity contribution in [2.75, 3.05) is 4.90 Å². The first-order chi connectivity index (χ1) is 30.7. The van der Waals surface area contributed by atoms with E-state index in [0.29, 0.717) is 12.2 Å². The highest BCUT2D eigenvalue weighted by molar-refractivity contribution is 6.12. The van der Waals surface area contributed by atoms with Crippen LogP contribution >= 0.6 is 0 Å². The van der Waals surface area contributed by atoms with Crippen LogP contribution in [0, 0.1) is 0 Å². The molecule has 3 nitrogen and oxygen atoms in total. The Kier molecular flexibility index (Phi) is 9.28. The van der Waals surface area contributed by atoms with Gasteiger partial charge in [0.25, 0.3) is 0 Å². The van der Waals surface area contributed by atoms with Gasteiger partial charge in [-0.25, -0.2) is 0 Å². The van der Waals surface area contributed by atoms with Crippen LogP contribution in [0.2, 0.25) is 0 Å². The van der Waals surface area contributed by atoms with E-state index >= 15 is 0 Å². The summed E-state index contributed by atoms with van der Waals surface area (Å²) in [7, 11) is 0. The molecular weight excluding hydrogens is 751 g/mol. The van der Waals surface area contributed by atoms with Crippen molar-refractivity contribution in [2.24, 2.45) is 10.7 Å². The topological polar surface area (TPSA) is 41.6 Å². The smallest absolute Gasteiger partial charge is 0.0754 e. The van der Waals surface area contributed by atoms with Crippen LogP contribution in [0.4, 0.5) is 17.1 Å². The minimum atomic E-state index is -0.483. The van der Waals surface area contributed by atoms with Crippen molar-refractivity contribution in [1.29, 1.82) is 0 Å². The Morgan fingerprint density at radius 3 is 1.65 bits per heavy atom. The van der Waals surface area contributed by atoms with Gasteiger partial charge in [-0.3, -0.25) is 4.99 Å². The number of hydrogen-bond acceptors (Lipinski definition) is 3. The Labute approximate surface area is 363 Å². The molecule has 0 bridgehead atoms. The number of allylic oxidation sites excluding steroid dienone is 1. The highest BCUT2D eigenvalue weighted by Gasteiger charge is 2.51. The van der Waals surface area contributed by atoms with Gasteiger partial charge in [0, 0.05) is 16.9 Å². The summed E-state index contributed by atoms with van der Waals surface area (Å²) in [5, 5.41) is 0. The number of benzene rings is 9.